The highest BCUT2D eigenvalue weighted by molar-refractivity contribution is 5.81. The van der Waals surface area contributed by atoms with Crippen LogP contribution < -0.4 is 5.32 Å². The second-order valence-electron chi connectivity index (χ2n) is 5.24. The van der Waals surface area contributed by atoms with Crippen LogP contribution in [-0.2, 0) is 9.53 Å². The number of carbonyl (C=O) groups excluding carboxylic acids is 1. The minimum atomic E-state index is -0.262. The third-order valence-corrected chi connectivity index (χ3v) is 3.09. The van der Waals surface area contributed by atoms with E-state index in [0.717, 1.165) is 12.8 Å². The summed E-state index contributed by atoms with van der Waals surface area (Å²) in [6.07, 6.45) is 1.89. The number of carbonyl (C=O) groups is 1. The Labute approximate surface area is 86.2 Å². The van der Waals surface area contributed by atoms with Crippen molar-refractivity contribution >= 4 is 5.97 Å². The molecule has 1 saturated carbocycles. The van der Waals surface area contributed by atoms with Crippen molar-refractivity contribution in [2.45, 2.75) is 39.7 Å². The fourth-order valence-electron chi connectivity index (χ4n) is 2.49. The minimum Gasteiger partial charge on any atom is -0.469 e. The summed E-state index contributed by atoms with van der Waals surface area (Å²) < 4.78 is 4.88. The summed E-state index contributed by atoms with van der Waals surface area (Å²) in [4.78, 5) is 11.7. The Hall–Kier alpha value is -0.570. The molecule has 3 heteroatoms. The number of ether oxygens (including phenoxy) is 1. The molecule has 1 atom stereocenters. The zero-order valence-corrected chi connectivity index (χ0v) is 9.81. The molecular formula is C11H21NO2. The number of hydrogen-bond donors (Lipinski definition) is 1. The van der Waals surface area contributed by atoms with Crippen molar-refractivity contribution in [2.75, 3.05) is 14.2 Å². The van der Waals surface area contributed by atoms with Crippen LogP contribution in [0.1, 0.15) is 33.6 Å². The maximum atomic E-state index is 11.7. The van der Waals surface area contributed by atoms with E-state index in [1.165, 1.54) is 7.11 Å². The predicted octanol–water partition coefficient (Wildman–Crippen LogP) is 1.57. The normalized spacial score (nSPS) is 21.5. The Morgan fingerprint density at radius 2 is 1.93 bits per heavy atom. The molecule has 3 nitrogen and oxygen atoms in total. The van der Waals surface area contributed by atoms with Crippen LogP contribution in [0.25, 0.3) is 0 Å². The summed E-state index contributed by atoms with van der Waals surface area (Å²) in [6.45, 7) is 6.45. The van der Waals surface area contributed by atoms with E-state index in [2.05, 4.69) is 26.1 Å². The lowest BCUT2D eigenvalue weighted by atomic mass is 9.77. The zero-order valence-electron chi connectivity index (χ0n) is 9.81. The molecule has 0 spiro atoms. The van der Waals surface area contributed by atoms with E-state index in [4.69, 9.17) is 4.74 Å². The van der Waals surface area contributed by atoms with Gasteiger partial charge < -0.3 is 10.1 Å². The highest BCUT2D eigenvalue weighted by Gasteiger charge is 2.59. The Morgan fingerprint density at radius 3 is 2.14 bits per heavy atom. The summed E-state index contributed by atoms with van der Waals surface area (Å²) in [7, 11) is 3.39. The molecule has 0 aromatic carbocycles. The fourth-order valence-corrected chi connectivity index (χ4v) is 2.49. The lowest BCUT2D eigenvalue weighted by Gasteiger charge is -2.35. The van der Waals surface area contributed by atoms with Gasteiger partial charge in [-0.2, -0.15) is 0 Å². The van der Waals surface area contributed by atoms with E-state index in [-0.39, 0.29) is 22.8 Å². The molecule has 0 saturated heterocycles. The van der Waals surface area contributed by atoms with Crippen LogP contribution >= 0.6 is 0 Å². The molecule has 0 bridgehead atoms. The molecule has 1 fully saturated rings. The number of rotatable bonds is 3. The Balaban J connectivity index is 2.85. The topological polar surface area (TPSA) is 38.3 Å². The van der Waals surface area contributed by atoms with Gasteiger partial charge in [-0.3, -0.25) is 4.79 Å². The Bertz CT molecular complexity index is 226. The number of hydrogen-bond acceptors (Lipinski definition) is 3. The first kappa shape index (κ1) is 11.5. The molecule has 1 aliphatic rings. The number of esters is 1. The molecule has 0 heterocycles. The maximum absolute atomic E-state index is 11.7. The molecule has 1 aliphatic carbocycles. The second kappa shape index (κ2) is 3.54. The van der Waals surface area contributed by atoms with E-state index in [0.29, 0.717) is 0 Å². The van der Waals surface area contributed by atoms with Gasteiger partial charge in [0.15, 0.2) is 0 Å². The maximum Gasteiger partial charge on any atom is 0.313 e. The molecular weight excluding hydrogens is 178 g/mol. The van der Waals surface area contributed by atoms with E-state index in [1.54, 1.807) is 0 Å². The highest BCUT2D eigenvalue weighted by atomic mass is 16.5. The van der Waals surface area contributed by atoms with E-state index in [1.807, 2.05) is 7.05 Å². The molecule has 82 valence electrons. The lowest BCUT2D eigenvalue weighted by Crippen LogP contribution is -2.48. The first-order chi connectivity index (χ1) is 6.38. The molecule has 14 heavy (non-hydrogen) atoms. The van der Waals surface area contributed by atoms with Crippen molar-refractivity contribution < 1.29 is 9.53 Å². The summed E-state index contributed by atoms with van der Waals surface area (Å²) in [6, 6.07) is 0.197. The summed E-state index contributed by atoms with van der Waals surface area (Å²) in [5.74, 6) is -0.0632. The highest BCUT2D eigenvalue weighted by Crippen LogP contribution is 2.53. The molecule has 0 radical (unpaired) electrons. The van der Waals surface area contributed by atoms with Gasteiger partial charge in [0.1, 0.15) is 0 Å². The van der Waals surface area contributed by atoms with Crippen LogP contribution in [0.2, 0.25) is 0 Å². The first-order valence-corrected chi connectivity index (χ1v) is 5.14. The fraction of sp³-hybridized carbons (Fsp3) is 0.909. The van der Waals surface area contributed by atoms with Gasteiger partial charge in [0.2, 0.25) is 0 Å². The van der Waals surface area contributed by atoms with E-state index < -0.39 is 0 Å². The van der Waals surface area contributed by atoms with Crippen molar-refractivity contribution in [3.05, 3.63) is 0 Å². The van der Waals surface area contributed by atoms with Crippen molar-refractivity contribution in [2.24, 2.45) is 10.8 Å². The average molecular weight is 199 g/mol. The molecule has 0 aromatic rings. The Morgan fingerprint density at radius 1 is 1.43 bits per heavy atom. The minimum absolute atomic E-state index is 0.0632. The van der Waals surface area contributed by atoms with Crippen LogP contribution in [0.4, 0.5) is 0 Å². The second-order valence-corrected chi connectivity index (χ2v) is 5.24. The van der Waals surface area contributed by atoms with Crippen molar-refractivity contribution in [3.8, 4) is 0 Å². The summed E-state index contributed by atoms with van der Waals surface area (Å²) >= 11 is 0. The van der Waals surface area contributed by atoms with Crippen LogP contribution in [0, 0.1) is 10.8 Å². The van der Waals surface area contributed by atoms with Crippen LogP contribution in [-0.4, -0.2) is 26.2 Å². The van der Waals surface area contributed by atoms with Crippen molar-refractivity contribution in [1.82, 2.24) is 5.32 Å². The van der Waals surface area contributed by atoms with Crippen LogP contribution in [0.15, 0.2) is 0 Å². The van der Waals surface area contributed by atoms with Gasteiger partial charge in [-0.05, 0) is 25.3 Å². The van der Waals surface area contributed by atoms with Gasteiger partial charge in [-0.15, -0.1) is 0 Å². The van der Waals surface area contributed by atoms with Crippen LogP contribution in [0.3, 0.4) is 0 Å². The van der Waals surface area contributed by atoms with E-state index in [9.17, 15) is 4.79 Å². The summed E-state index contributed by atoms with van der Waals surface area (Å²) in [5.41, 5.74) is -0.179. The third kappa shape index (κ3) is 1.78. The molecule has 1 N–H and O–H groups in total. The Kier molecular flexibility index (Phi) is 2.91. The van der Waals surface area contributed by atoms with E-state index >= 15 is 0 Å². The zero-order chi connectivity index (χ0) is 11.0. The molecule has 0 aliphatic heterocycles. The van der Waals surface area contributed by atoms with Gasteiger partial charge in [-0.25, -0.2) is 0 Å². The quantitative estimate of drug-likeness (QED) is 0.701. The van der Waals surface area contributed by atoms with Crippen LogP contribution in [0.5, 0.6) is 0 Å². The SMILES string of the molecule is CNC(C(C)(C)C)C1(C(=O)OC)CC1. The molecule has 0 amide bonds. The predicted molar refractivity (Wildman–Crippen MR) is 56.0 cm³/mol. The van der Waals surface area contributed by atoms with Crippen molar-refractivity contribution in [3.63, 3.8) is 0 Å². The van der Waals surface area contributed by atoms with Gasteiger partial charge in [-0.1, -0.05) is 20.8 Å². The standard InChI is InChI=1S/C11H21NO2/c1-10(2,3)8(12-4)11(6-7-11)9(13)14-5/h8,12H,6-7H2,1-5H3. The average Bonchev–Trinajstić information content (AvgIpc) is 2.83. The number of nitrogens with one attached hydrogen (secondary N) is 1. The number of methoxy groups -OCH3 is 1. The molecule has 1 unspecified atom stereocenters. The lowest BCUT2D eigenvalue weighted by molar-refractivity contribution is -0.149. The van der Waals surface area contributed by atoms with Gasteiger partial charge in [0.25, 0.3) is 0 Å². The van der Waals surface area contributed by atoms with Gasteiger partial charge >= 0.3 is 5.97 Å². The monoisotopic (exact) mass is 199 g/mol. The first-order valence-electron chi connectivity index (χ1n) is 5.14. The van der Waals surface area contributed by atoms with Crippen molar-refractivity contribution in [1.29, 1.82) is 0 Å². The van der Waals surface area contributed by atoms with Gasteiger partial charge in [0.05, 0.1) is 12.5 Å². The molecule has 0 aromatic heterocycles. The summed E-state index contributed by atoms with van der Waals surface area (Å²) in [5, 5.41) is 3.26. The smallest absolute Gasteiger partial charge is 0.313 e. The third-order valence-electron chi connectivity index (χ3n) is 3.09. The van der Waals surface area contributed by atoms with Gasteiger partial charge in [0, 0.05) is 6.04 Å². The molecule has 1 rings (SSSR count). The largest absolute Gasteiger partial charge is 0.469 e.